The third kappa shape index (κ3) is 3.35. The molecule has 1 atom stereocenters. The van der Waals surface area contributed by atoms with Crippen LogP contribution < -0.4 is 0 Å². The summed E-state index contributed by atoms with van der Waals surface area (Å²) in [7, 11) is 0. The number of carbonyl (C=O) groups is 1. The fraction of sp³-hybridized carbons (Fsp3) is 0.562. The molecule has 1 heterocycles. The normalized spacial score (nSPS) is 18.4. The number of benzene rings is 1. The van der Waals surface area contributed by atoms with Crippen molar-refractivity contribution in [3.63, 3.8) is 0 Å². The summed E-state index contributed by atoms with van der Waals surface area (Å²) < 4.78 is 0. The molecule has 1 aromatic carbocycles. The number of amides is 1. The van der Waals surface area contributed by atoms with Gasteiger partial charge in [0.25, 0.3) is 0 Å². The molecule has 0 aromatic heterocycles. The van der Waals surface area contributed by atoms with Crippen LogP contribution in [0, 0.1) is 0 Å². The fourth-order valence-electron chi connectivity index (χ4n) is 2.71. The summed E-state index contributed by atoms with van der Waals surface area (Å²) >= 11 is 0. The van der Waals surface area contributed by atoms with Crippen LogP contribution in [0.5, 0.6) is 0 Å². The lowest BCUT2D eigenvalue weighted by atomic mass is 10.0. The Labute approximate surface area is 116 Å². The van der Waals surface area contributed by atoms with Crippen molar-refractivity contribution in [1.82, 2.24) is 9.80 Å². The second kappa shape index (κ2) is 6.20. The van der Waals surface area contributed by atoms with Crippen molar-refractivity contribution in [2.24, 2.45) is 0 Å². The molecule has 0 N–H and O–H groups in total. The highest BCUT2D eigenvalue weighted by Gasteiger charge is 2.23. The first-order valence-electron chi connectivity index (χ1n) is 7.20. The van der Waals surface area contributed by atoms with Gasteiger partial charge in [0.2, 0.25) is 5.91 Å². The smallest absolute Gasteiger partial charge is 0.219 e. The topological polar surface area (TPSA) is 23.6 Å². The van der Waals surface area contributed by atoms with Crippen LogP contribution in [-0.2, 0) is 11.2 Å². The van der Waals surface area contributed by atoms with E-state index in [1.54, 1.807) is 6.92 Å². The van der Waals surface area contributed by atoms with E-state index in [1.165, 1.54) is 11.1 Å². The average Bonchev–Trinajstić information content (AvgIpc) is 2.46. The van der Waals surface area contributed by atoms with E-state index in [2.05, 4.69) is 43.0 Å². The Kier molecular flexibility index (Phi) is 4.59. The zero-order valence-corrected chi connectivity index (χ0v) is 12.2. The molecule has 1 aliphatic heterocycles. The third-order valence-corrected chi connectivity index (χ3v) is 4.15. The molecule has 0 aliphatic carbocycles. The van der Waals surface area contributed by atoms with Crippen molar-refractivity contribution in [3.8, 4) is 0 Å². The predicted molar refractivity (Wildman–Crippen MR) is 78.1 cm³/mol. The minimum atomic E-state index is 0.195. The molecule has 1 aliphatic rings. The van der Waals surface area contributed by atoms with Crippen LogP contribution in [-0.4, -0.2) is 41.9 Å². The zero-order valence-electron chi connectivity index (χ0n) is 12.2. The van der Waals surface area contributed by atoms with Gasteiger partial charge >= 0.3 is 0 Å². The second-order valence-corrected chi connectivity index (χ2v) is 5.32. The Morgan fingerprint density at radius 1 is 1.26 bits per heavy atom. The lowest BCUT2D eigenvalue weighted by Crippen LogP contribution is -2.48. The van der Waals surface area contributed by atoms with Gasteiger partial charge in [-0.25, -0.2) is 0 Å². The van der Waals surface area contributed by atoms with Gasteiger partial charge in [0.1, 0.15) is 0 Å². The standard InChI is InChI=1S/C16H24N2O/c1-4-15-6-5-7-16(12-15)13(2)17-8-10-18(11-9-17)14(3)19/h5-7,12-13H,4,8-11H2,1-3H3. The summed E-state index contributed by atoms with van der Waals surface area (Å²) in [4.78, 5) is 15.7. The third-order valence-electron chi connectivity index (χ3n) is 4.15. The molecule has 3 nitrogen and oxygen atoms in total. The lowest BCUT2D eigenvalue weighted by Gasteiger charge is -2.38. The first-order chi connectivity index (χ1) is 9.11. The molecule has 1 unspecified atom stereocenters. The van der Waals surface area contributed by atoms with Crippen molar-refractivity contribution in [1.29, 1.82) is 0 Å². The quantitative estimate of drug-likeness (QED) is 0.833. The molecule has 2 rings (SSSR count). The minimum Gasteiger partial charge on any atom is -0.340 e. The maximum absolute atomic E-state index is 11.3. The van der Waals surface area contributed by atoms with E-state index in [4.69, 9.17) is 0 Å². The molecule has 1 fully saturated rings. The second-order valence-electron chi connectivity index (χ2n) is 5.32. The maximum atomic E-state index is 11.3. The molecular weight excluding hydrogens is 236 g/mol. The van der Waals surface area contributed by atoms with E-state index < -0.39 is 0 Å². The van der Waals surface area contributed by atoms with Crippen molar-refractivity contribution in [2.75, 3.05) is 26.2 Å². The summed E-state index contributed by atoms with van der Waals surface area (Å²) in [5.74, 6) is 0.195. The van der Waals surface area contributed by atoms with E-state index in [-0.39, 0.29) is 5.91 Å². The number of rotatable bonds is 3. The number of carbonyl (C=O) groups excluding carboxylic acids is 1. The average molecular weight is 260 g/mol. The SMILES string of the molecule is CCc1cccc(C(C)N2CCN(C(C)=O)CC2)c1. The highest BCUT2D eigenvalue weighted by atomic mass is 16.2. The summed E-state index contributed by atoms with van der Waals surface area (Å²) in [5.41, 5.74) is 2.78. The first kappa shape index (κ1) is 14.1. The Morgan fingerprint density at radius 3 is 2.53 bits per heavy atom. The Morgan fingerprint density at radius 2 is 1.95 bits per heavy atom. The molecule has 1 aromatic rings. The largest absolute Gasteiger partial charge is 0.340 e. The summed E-state index contributed by atoms with van der Waals surface area (Å²) in [6, 6.07) is 9.28. The van der Waals surface area contributed by atoms with E-state index in [0.717, 1.165) is 32.6 Å². The fourth-order valence-corrected chi connectivity index (χ4v) is 2.71. The van der Waals surface area contributed by atoms with Crippen LogP contribution in [0.1, 0.15) is 37.9 Å². The van der Waals surface area contributed by atoms with E-state index >= 15 is 0 Å². The van der Waals surface area contributed by atoms with Crippen molar-refractivity contribution >= 4 is 5.91 Å². The molecule has 3 heteroatoms. The van der Waals surface area contributed by atoms with E-state index in [0.29, 0.717) is 6.04 Å². The van der Waals surface area contributed by atoms with Crippen LogP contribution in [0.25, 0.3) is 0 Å². The van der Waals surface area contributed by atoms with Gasteiger partial charge in [-0.2, -0.15) is 0 Å². The van der Waals surface area contributed by atoms with Crippen molar-refractivity contribution < 1.29 is 4.79 Å². The predicted octanol–water partition coefficient (Wildman–Crippen LogP) is 2.47. The van der Waals surface area contributed by atoms with E-state index in [1.807, 2.05) is 4.90 Å². The van der Waals surface area contributed by atoms with Gasteiger partial charge in [0.05, 0.1) is 0 Å². The number of hydrogen-bond donors (Lipinski definition) is 0. The highest BCUT2D eigenvalue weighted by molar-refractivity contribution is 5.73. The van der Waals surface area contributed by atoms with Crippen molar-refractivity contribution in [2.45, 2.75) is 33.2 Å². The Balaban J connectivity index is 2.00. The molecule has 0 saturated carbocycles. The van der Waals surface area contributed by atoms with Crippen LogP contribution in [0.4, 0.5) is 0 Å². The van der Waals surface area contributed by atoms with Gasteiger partial charge < -0.3 is 4.90 Å². The molecule has 104 valence electrons. The molecule has 0 bridgehead atoms. The van der Waals surface area contributed by atoms with Crippen LogP contribution in [0.3, 0.4) is 0 Å². The van der Waals surface area contributed by atoms with Crippen LogP contribution in [0.2, 0.25) is 0 Å². The van der Waals surface area contributed by atoms with Gasteiger partial charge in [0.15, 0.2) is 0 Å². The molecule has 1 amide bonds. The van der Waals surface area contributed by atoms with Crippen LogP contribution in [0.15, 0.2) is 24.3 Å². The van der Waals surface area contributed by atoms with Gasteiger partial charge in [-0.05, 0) is 24.5 Å². The minimum absolute atomic E-state index is 0.195. The monoisotopic (exact) mass is 260 g/mol. The van der Waals surface area contributed by atoms with E-state index in [9.17, 15) is 4.79 Å². The molecule has 0 spiro atoms. The molecule has 19 heavy (non-hydrogen) atoms. The summed E-state index contributed by atoms with van der Waals surface area (Å²) in [6.45, 7) is 9.76. The highest BCUT2D eigenvalue weighted by Crippen LogP contribution is 2.22. The molecule has 1 saturated heterocycles. The van der Waals surface area contributed by atoms with Gasteiger partial charge in [-0.1, -0.05) is 31.2 Å². The first-order valence-corrected chi connectivity index (χ1v) is 7.20. The van der Waals surface area contributed by atoms with Gasteiger partial charge in [0, 0.05) is 39.1 Å². The number of aryl methyl sites for hydroxylation is 1. The summed E-state index contributed by atoms with van der Waals surface area (Å²) in [5, 5.41) is 0. The van der Waals surface area contributed by atoms with Gasteiger partial charge in [-0.15, -0.1) is 0 Å². The molecular formula is C16H24N2O. The number of piperazine rings is 1. The van der Waals surface area contributed by atoms with Crippen molar-refractivity contribution in [3.05, 3.63) is 35.4 Å². The Hall–Kier alpha value is -1.35. The number of hydrogen-bond acceptors (Lipinski definition) is 2. The number of nitrogens with zero attached hydrogens (tertiary/aromatic N) is 2. The lowest BCUT2D eigenvalue weighted by molar-refractivity contribution is -0.130. The summed E-state index contributed by atoms with van der Waals surface area (Å²) in [6.07, 6.45) is 1.08. The van der Waals surface area contributed by atoms with Crippen LogP contribution >= 0.6 is 0 Å². The van der Waals surface area contributed by atoms with Gasteiger partial charge in [-0.3, -0.25) is 9.69 Å². The maximum Gasteiger partial charge on any atom is 0.219 e. The Bertz CT molecular complexity index is 436. The molecule has 0 radical (unpaired) electrons. The zero-order chi connectivity index (χ0) is 13.8.